The fraction of sp³-hybridized carbons (Fsp3) is 0.222. The lowest BCUT2D eigenvalue weighted by Crippen LogP contribution is -1.98. The molecular weight excluding hydrogens is 138 g/mol. The zero-order valence-electron chi connectivity index (χ0n) is 6.16. The van der Waals surface area contributed by atoms with Crippen LogP contribution in [0.25, 0.3) is 4.85 Å². The molecule has 1 rings (SSSR count). The highest BCUT2D eigenvalue weighted by molar-refractivity contribution is 5.20. The zero-order chi connectivity index (χ0) is 7.94. The van der Waals surface area contributed by atoms with E-state index in [0.717, 1.165) is 5.75 Å². The van der Waals surface area contributed by atoms with Crippen LogP contribution in [0, 0.1) is 6.57 Å². The first-order valence-corrected chi connectivity index (χ1v) is 3.44. The maximum absolute atomic E-state index is 6.51. The summed E-state index contributed by atoms with van der Waals surface area (Å²) in [4.78, 5) is 3.18. The van der Waals surface area contributed by atoms with E-state index in [1.54, 1.807) is 0 Å². The highest BCUT2D eigenvalue weighted by Crippen LogP contribution is 2.07. The van der Waals surface area contributed by atoms with Crippen LogP contribution in [0.5, 0.6) is 5.75 Å². The van der Waals surface area contributed by atoms with E-state index in [9.17, 15) is 0 Å². The van der Waals surface area contributed by atoms with Gasteiger partial charge >= 0.3 is 0 Å². The van der Waals surface area contributed by atoms with Gasteiger partial charge in [0.15, 0.2) is 6.61 Å². The Hall–Kier alpha value is -1.49. The van der Waals surface area contributed by atoms with Crippen LogP contribution < -0.4 is 4.74 Å². The van der Waals surface area contributed by atoms with Gasteiger partial charge in [-0.05, 0) is 12.1 Å². The molecule has 0 bridgehead atoms. The van der Waals surface area contributed by atoms with Gasteiger partial charge in [0.05, 0.1) is 0 Å². The van der Waals surface area contributed by atoms with Gasteiger partial charge in [-0.15, -0.1) is 0 Å². The van der Waals surface area contributed by atoms with E-state index in [1.165, 1.54) is 0 Å². The second-order valence-corrected chi connectivity index (χ2v) is 2.04. The molecule has 0 fully saturated rings. The summed E-state index contributed by atoms with van der Waals surface area (Å²) in [6.45, 7) is 7.42. The molecule has 0 aliphatic rings. The minimum absolute atomic E-state index is 0.425. The first-order chi connectivity index (χ1) is 5.43. The smallest absolute Gasteiger partial charge is 0.248 e. The fourth-order valence-electron chi connectivity index (χ4n) is 0.726. The molecule has 1 aromatic rings. The second-order valence-electron chi connectivity index (χ2n) is 2.04. The summed E-state index contributed by atoms with van der Waals surface area (Å²) in [5.41, 5.74) is 0. The first kappa shape index (κ1) is 7.62. The maximum atomic E-state index is 6.51. The zero-order valence-corrected chi connectivity index (χ0v) is 6.16. The molecule has 0 atom stereocenters. The van der Waals surface area contributed by atoms with Crippen molar-refractivity contribution in [3.8, 4) is 5.75 Å². The second kappa shape index (κ2) is 4.35. The van der Waals surface area contributed by atoms with E-state index in [-0.39, 0.29) is 0 Å². The Labute approximate surface area is 66.2 Å². The van der Waals surface area contributed by atoms with Crippen LogP contribution in [0.15, 0.2) is 30.3 Å². The van der Waals surface area contributed by atoms with Crippen molar-refractivity contribution in [3.05, 3.63) is 41.7 Å². The van der Waals surface area contributed by atoms with Gasteiger partial charge in [0.1, 0.15) is 5.75 Å². The van der Waals surface area contributed by atoms with Crippen molar-refractivity contribution in [3.63, 3.8) is 0 Å². The molecular formula is C9H9NO. The van der Waals surface area contributed by atoms with Gasteiger partial charge in [-0.2, -0.15) is 0 Å². The molecule has 0 saturated heterocycles. The Balaban J connectivity index is 2.35. The van der Waals surface area contributed by atoms with Gasteiger partial charge < -0.3 is 9.58 Å². The minimum Gasteiger partial charge on any atom is -0.486 e. The van der Waals surface area contributed by atoms with Gasteiger partial charge in [-0.25, -0.2) is 6.57 Å². The molecule has 0 N–H and O–H groups in total. The van der Waals surface area contributed by atoms with Crippen LogP contribution in [-0.4, -0.2) is 13.2 Å². The molecule has 0 aliphatic heterocycles. The number of rotatable bonds is 3. The van der Waals surface area contributed by atoms with E-state index in [4.69, 9.17) is 11.3 Å². The Morgan fingerprint density at radius 2 is 2.00 bits per heavy atom. The van der Waals surface area contributed by atoms with Gasteiger partial charge in [-0.1, -0.05) is 18.2 Å². The number of hydrogen-bond acceptors (Lipinski definition) is 1. The number of hydrogen-bond donors (Lipinski definition) is 0. The molecule has 0 aromatic heterocycles. The average Bonchev–Trinajstić information content (AvgIpc) is 2.07. The molecule has 1 aromatic carbocycles. The van der Waals surface area contributed by atoms with Crippen LogP contribution in [0.1, 0.15) is 0 Å². The van der Waals surface area contributed by atoms with E-state index >= 15 is 0 Å². The first-order valence-electron chi connectivity index (χ1n) is 3.44. The molecule has 2 heteroatoms. The van der Waals surface area contributed by atoms with Gasteiger partial charge in [0, 0.05) is 0 Å². The fourth-order valence-corrected chi connectivity index (χ4v) is 0.726. The minimum atomic E-state index is 0.425. The predicted molar refractivity (Wildman–Crippen MR) is 43.4 cm³/mol. The monoisotopic (exact) mass is 147 g/mol. The van der Waals surface area contributed by atoms with Gasteiger partial charge in [-0.3, -0.25) is 0 Å². The molecule has 2 nitrogen and oxygen atoms in total. The SMILES string of the molecule is [C-]#[N+]CCOc1ccccc1. The molecule has 0 radical (unpaired) electrons. The van der Waals surface area contributed by atoms with Crippen molar-refractivity contribution >= 4 is 0 Å². The van der Waals surface area contributed by atoms with E-state index in [1.807, 2.05) is 30.3 Å². The predicted octanol–water partition coefficient (Wildman–Crippen LogP) is 1.98. The summed E-state index contributed by atoms with van der Waals surface area (Å²) >= 11 is 0. The lowest BCUT2D eigenvalue weighted by atomic mass is 10.3. The lowest BCUT2D eigenvalue weighted by Gasteiger charge is -1.99. The van der Waals surface area contributed by atoms with Crippen molar-refractivity contribution in [2.24, 2.45) is 0 Å². The van der Waals surface area contributed by atoms with Crippen molar-refractivity contribution in [2.45, 2.75) is 0 Å². The summed E-state index contributed by atoms with van der Waals surface area (Å²) in [7, 11) is 0. The third kappa shape index (κ3) is 2.72. The third-order valence-corrected chi connectivity index (χ3v) is 1.22. The molecule has 0 unspecified atom stereocenters. The molecule has 0 saturated carbocycles. The Morgan fingerprint density at radius 3 is 2.64 bits per heavy atom. The Bertz CT molecular complexity index is 237. The summed E-state index contributed by atoms with van der Waals surface area (Å²) in [6.07, 6.45) is 0. The summed E-state index contributed by atoms with van der Waals surface area (Å²) in [5.74, 6) is 0.830. The molecule has 11 heavy (non-hydrogen) atoms. The van der Waals surface area contributed by atoms with Crippen molar-refractivity contribution in [2.75, 3.05) is 13.2 Å². The van der Waals surface area contributed by atoms with Crippen molar-refractivity contribution in [1.82, 2.24) is 0 Å². The molecule has 0 heterocycles. The summed E-state index contributed by atoms with van der Waals surface area (Å²) < 4.78 is 5.23. The Morgan fingerprint density at radius 1 is 1.27 bits per heavy atom. The maximum Gasteiger partial charge on any atom is 0.248 e. The molecule has 56 valence electrons. The van der Waals surface area contributed by atoms with Crippen molar-refractivity contribution in [1.29, 1.82) is 0 Å². The normalized spacial score (nSPS) is 8.64. The van der Waals surface area contributed by atoms with Crippen molar-refractivity contribution < 1.29 is 4.74 Å². The Kier molecular flexibility index (Phi) is 3.01. The van der Waals surface area contributed by atoms with Gasteiger partial charge in [0.25, 0.3) is 0 Å². The molecule has 0 aliphatic carbocycles. The lowest BCUT2D eigenvalue weighted by molar-refractivity contribution is 0.336. The van der Waals surface area contributed by atoms with Crippen LogP contribution in [0.4, 0.5) is 0 Å². The number of para-hydroxylation sites is 1. The molecule has 0 spiro atoms. The summed E-state index contributed by atoms with van der Waals surface area (Å²) in [5, 5.41) is 0. The van der Waals surface area contributed by atoms with Crippen LogP contribution in [-0.2, 0) is 0 Å². The van der Waals surface area contributed by atoms with E-state index in [0.29, 0.717) is 13.2 Å². The number of benzene rings is 1. The average molecular weight is 147 g/mol. The van der Waals surface area contributed by atoms with E-state index in [2.05, 4.69) is 4.85 Å². The largest absolute Gasteiger partial charge is 0.486 e. The highest BCUT2D eigenvalue weighted by Gasteiger charge is 1.90. The van der Waals surface area contributed by atoms with Crippen LogP contribution >= 0.6 is 0 Å². The number of nitrogens with zero attached hydrogens (tertiary/aromatic N) is 1. The number of ether oxygens (including phenoxy) is 1. The van der Waals surface area contributed by atoms with Crippen LogP contribution in [0.2, 0.25) is 0 Å². The molecule has 0 amide bonds. The third-order valence-electron chi connectivity index (χ3n) is 1.22. The quantitative estimate of drug-likeness (QED) is 0.471. The standard InChI is InChI=1S/C9H9NO/c1-10-7-8-11-9-5-3-2-4-6-9/h2-6H,7-8H2. The van der Waals surface area contributed by atoms with Gasteiger partial charge in [0.2, 0.25) is 6.54 Å². The van der Waals surface area contributed by atoms with Crippen LogP contribution in [0.3, 0.4) is 0 Å². The van der Waals surface area contributed by atoms with E-state index < -0.39 is 0 Å². The topological polar surface area (TPSA) is 13.6 Å². The highest BCUT2D eigenvalue weighted by atomic mass is 16.5. The summed E-state index contributed by atoms with van der Waals surface area (Å²) in [6, 6.07) is 9.51.